The summed E-state index contributed by atoms with van der Waals surface area (Å²) in [4.78, 5) is 4.47. The Balaban J connectivity index is 2.00. The van der Waals surface area contributed by atoms with Gasteiger partial charge in [-0.3, -0.25) is 0 Å². The van der Waals surface area contributed by atoms with Crippen LogP contribution in [0.1, 0.15) is 22.6 Å². The molecule has 2 aromatic carbocycles. The van der Waals surface area contributed by atoms with Crippen molar-refractivity contribution < 1.29 is 4.42 Å². The maximum Gasteiger partial charge on any atom is 0.199 e. The Kier molecular flexibility index (Phi) is 3.14. The molecule has 1 heterocycles. The third-order valence-corrected chi connectivity index (χ3v) is 3.72. The Hall–Kier alpha value is -2.00. The molecule has 20 heavy (non-hydrogen) atoms. The Morgan fingerprint density at radius 2 is 2.00 bits per heavy atom. The summed E-state index contributed by atoms with van der Waals surface area (Å²) in [5.41, 5.74) is 11.4. The van der Waals surface area contributed by atoms with E-state index in [1.165, 1.54) is 16.7 Å². The van der Waals surface area contributed by atoms with Crippen molar-refractivity contribution in [3.63, 3.8) is 0 Å². The van der Waals surface area contributed by atoms with E-state index in [-0.39, 0.29) is 0 Å². The van der Waals surface area contributed by atoms with Gasteiger partial charge in [0, 0.05) is 12.5 Å². The number of benzene rings is 2. The van der Waals surface area contributed by atoms with E-state index >= 15 is 0 Å². The largest absolute Gasteiger partial charge is 0.440 e. The highest BCUT2D eigenvalue weighted by molar-refractivity contribution is 6.33. The first-order valence-electron chi connectivity index (χ1n) is 6.43. The fraction of sp³-hybridized carbons (Fsp3) is 0.188. The Labute approximate surface area is 122 Å². The molecule has 0 unspecified atom stereocenters. The van der Waals surface area contributed by atoms with Crippen LogP contribution in [-0.2, 0) is 6.42 Å². The number of anilines is 1. The lowest BCUT2D eigenvalue weighted by atomic mass is 10.0. The minimum atomic E-state index is 0.504. The van der Waals surface area contributed by atoms with Crippen molar-refractivity contribution in [1.82, 2.24) is 4.98 Å². The fourth-order valence-electron chi connectivity index (χ4n) is 2.24. The molecule has 0 saturated heterocycles. The molecule has 102 valence electrons. The monoisotopic (exact) mass is 286 g/mol. The van der Waals surface area contributed by atoms with Crippen LogP contribution in [-0.4, -0.2) is 4.98 Å². The van der Waals surface area contributed by atoms with E-state index in [2.05, 4.69) is 37.0 Å². The summed E-state index contributed by atoms with van der Waals surface area (Å²) in [6.07, 6.45) is 0.666. The molecule has 0 spiro atoms. The van der Waals surface area contributed by atoms with Gasteiger partial charge in [0.2, 0.25) is 0 Å². The van der Waals surface area contributed by atoms with E-state index in [0.29, 0.717) is 28.6 Å². The molecule has 3 nitrogen and oxygen atoms in total. The van der Waals surface area contributed by atoms with Crippen molar-refractivity contribution in [2.45, 2.75) is 20.3 Å². The first kappa shape index (κ1) is 13.0. The van der Waals surface area contributed by atoms with E-state index in [0.717, 1.165) is 5.52 Å². The summed E-state index contributed by atoms with van der Waals surface area (Å²) in [6, 6.07) is 9.83. The number of aromatic nitrogens is 1. The summed E-state index contributed by atoms with van der Waals surface area (Å²) < 4.78 is 5.75. The highest BCUT2D eigenvalue weighted by Crippen LogP contribution is 2.27. The zero-order valence-electron chi connectivity index (χ0n) is 11.4. The van der Waals surface area contributed by atoms with Gasteiger partial charge in [-0.1, -0.05) is 35.4 Å². The molecule has 0 aliphatic carbocycles. The van der Waals surface area contributed by atoms with Gasteiger partial charge in [0.05, 0.1) is 10.7 Å². The van der Waals surface area contributed by atoms with Crippen LogP contribution in [0.15, 0.2) is 34.7 Å². The zero-order chi connectivity index (χ0) is 14.3. The van der Waals surface area contributed by atoms with Gasteiger partial charge in [0.15, 0.2) is 11.5 Å². The number of aryl methyl sites for hydroxylation is 2. The van der Waals surface area contributed by atoms with E-state index in [1.807, 2.05) is 0 Å². The van der Waals surface area contributed by atoms with Gasteiger partial charge in [-0.25, -0.2) is 4.98 Å². The highest BCUT2D eigenvalue weighted by atomic mass is 35.5. The standard InChI is InChI=1S/C16H15ClN2O/c1-9-3-4-10(2)11(5-9)6-16-19-14-7-12(17)13(18)8-15(14)20-16/h3-5,7-8H,6,18H2,1-2H3. The van der Waals surface area contributed by atoms with Gasteiger partial charge in [-0.2, -0.15) is 0 Å². The first-order chi connectivity index (χ1) is 9.52. The summed E-state index contributed by atoms with van der Waals surface area (Å²) >= 11 is 6.00. The van der Waals surface area contributed by atoms with Crippen LogP contribution >= 0.6 is 11.6 Å². The molecule has 0 aliphatic rings. The van der Waals surface area contributed by atoms with Gasteiger partial charge in [0.25, 0.3) is 0 Å². The van der Waals surface area contributed by atoms with Gasteiger partial charge in [-0.15, -0.1) is 0 Å². The second-order valence-corrected chi connectivity index (χ2v) is 5.46. The molecule has 1 aromatic heterocycles. The highest BCUT2D eigenvalue weighted by Gasteiger charge is 2.10. The number of oxazole rings is 1. The molecule has 0 aliphatic heterocycles. The lowest BCUT2D eigenvalue weighted by Gasteiger charge is -2.04. The number of nitrogens with two attached hydrogens (primary N) is 1. The minimum Gasteiger partial charge on any atom is -0.440 e. The van der Waals surface area contributed by atoms with Gasteiger partial charge in [0.1, 0.15) is 5.52 Å². The van der Waals surface area contributed by atoms with E-state index < -0.39 is 0 Å². The third-order valence-electron chi connectivity index (χ3n) is 3.40. The van der Waals surface area contributed by atoms with Crippen molar-refractivity contribution in [2.24, 2.45) is 0 Å². The third kappa shape index (κ3) is 2.37. The summed E-state index contributed by atoms with van der Waals surface area (Å²) in [7, 11) is 0. The average Bonchev–Trinajstić information content (AvgIpc) is 2.76. The van der Waals surface area contributed by atoms with Crippen molar-refractivity contribution in [3.8, 4) is 0 Å². The molecular formula is C16H15ClN2O. The minimum absolute atomic E-state index is 0.504. The molecule has 0 bridgehead atoms. The van der Waals surface area contributed by atoms with Crippen LogP contribution in [0.4, 0.5) is 5.69 Å². The quantitative estimate of drug-likeness (QED) is 0.716. The molecule has 0 saturated carbocycles. The SMILES string of the molecule is Cc1ccc(C)c(Cc2nc3cc(Cl)c(N)cc3o2)c1. The number of hydrogen-bond acceptors (Lipinski definition) is 3. The maximum atomic E-state index is 6.00. The molecule has 0 radical (unpaired) electrons. The van der Waals surface area contributed by atoms with Crippen molar-refractivity contribution >= 4 is 28.4 Å². The first-order valence-corrected chi connectivity index (χ1v) is 6.81. The smallest absolute Gasteiger partial charge is 0.199 e. The number of nitrogen functional groups attached to an aromatic ring is 1. The van der Waals surface area contributed by atoms with Crippen molar-refractivity contribution in [3.05, 3.63) is 57.9 Å². The number of hydrogen-bond donors (Lipinski definition) is 1. The van der Waals surface area contributed by atoms with Gasteiger partial charge in [-0.05, 0) is 31.0 Å². The van der Waals surface area contributed by atoms with Crippen molar-refractivity contribution in [2.75, 3.05) is 5.73 Å². The number of rotatable bonds is 2. The van der Waals surface area contributed by atoms with Crippen molar-refractivity contribution in [1.29, 1.82) is 0 Å². The van der Waals surface area contributed by atoms with Crippen LogP contribution in [0.5, 0.6) is 0 Å². The van der Waals surface area contributed by atoms with Gasteiger partial charge >= 0.3 is 0 Å². The lowest BCUT2D eigenvalue weighted by Crippen LogP contribution is -1.92. The zero-order valence-corrected chi connectivity index (χ0v) is 12.2. The molecule has 0 fully saturated rings. The number of fused-ring (bicyclic) bond motifs is 1. The summed E-state index contributed by atoms with van der Waals surface area (Å²) in [5.74, 6) is 0.676. The maximum absolute atomic E-state index is 6.00. The number of nitrogens with zero attached hydrogens (tertiary/aromatic N) is 1. The van der Waals surface area contributed by atoms with E-state index in [4.69, 9.17) is 21.8 Å². The van der Waals surface area contributed by atoms with E-state index in [1.54, 1.807) is 12.1 Å². The Bertz CT molecular complexity index is 754. The Morgan fingerprint density at radius 1 is 1.20 bits per heavy atom. The van der Waals surface area contributed by atoms with Crippen LogP contribution < -0.4 is 5.73 Å². The predicted octanol–water partition coefficient (Wildman–Crippen LogP) is 4.27. The average molecular weight is 287 g/mol. The second-order valence-electron chi connectivity index (χ2n) is 5.06. The van der Waals surface area contributed by atoms with Crippen LogP contribution in [0.2, 0.25) is 5.02 Å². The normalized spacial score (nSPS) is 11.2. The summed E-state index contributed by atoms with van der Waals surface area (Å²) in [6.45, 7) is 4.17. The molecule has 0 amide bonds. The van der Waals surface area contributed by atoms with Crippen LogP contribution in [0.25, 0.3) is 11.1 Å². The second kappa shape index (κ2) is 4.84. The molecule has 3 aromatic rings. The molecule has 0 atom stereocenters. The Morgan fingerprint density at radius 3 is 2.80 bits per heavy atom. The molecule has 4 heteroatoms. The fourth-order valence-corrected chi connectivity index (χ4v) is 2.40. The molecular weight excluding hydrogens is 272 g/mol. The van der Waals surface area contributed by atoms with Crippen LogP contribution in [0, 0.1) is 13.8 Å². The molecule has 2 N–H and O–H groups in total. The van der Waals surface area contributed by atoms with Gasteiger partial charge < -0.3 is 10.2 Å². The summed E-state index contributed by atoms with van der Waals surface area (Å²) in [5, 5.41) is 0.504. The lowest BCUT2D eigenvalue weighted by molar-refractivity contribution is 0.543. The topological polar surface area (TPSA) is 52.0 Å². The molecule has 3 rings (SSSR count). The predicted molar refractivity (Wildman–Crippen MR) is 82.2 cm³/mol. The van der Waals surface area contributed by atoms with E-state index in [9.17, 15) is 0 Å². The number of halogens is 1. The van der Waals surface area contributed by atoms with Crippen LogP contribution in [0.3, 0.4) is 0 Å².